The number of hydrogen-bond donors (Lipinski definition) is 0. The normalized spacial score (nSPS) is 11.1. The highest BCUT2D eigenvalue weighted by Gasteiger charge is 2.13. The maximum absolute atomic E-state index is 12.4. The van der Waals surface area contributed by atoms with Crippen LogP contribution >= 0.6 is 23.1 Å². The third-order valence-corrected chi connectivity index (χ3v) is 4.59. The number of aryl methyl sites for hydroxylation is 1. The van der Waals surface area contributed by atoms with Gasteiger partial charge in [-0.2, -0.15) is 0 Å². The molecule has 0 bridgehead atoms. The second-order valence-corrected chi connectivity index (χ2v) is 6.10. The van der Waals surface area contributed by atoms with Crippen LogP contribution in [0.1, 0.15) is 11.8 Å². The number of thioether (sulfide) groups is 1. The molecule has 3 rings (SSSR count). The minimum absolute atomic E-state index is 0.0425. The summed E-state index contributed by atoms with van der Waals surface area (Å²) in [5, 5.41) is 10.2. The Morgan fingerprint density at radius 1 is 1.52 bits per heavy atom. The third-order valence-electron chi connectivity index (χ3n) is 2.74. The Bertz CT molecular complexity index is 849. The second-order valence-electron chi connectivity index (χ2n) is 4.24. The zero-order valence-corrected chi connectivity index (χ0v) is 12.9. The van der Waals surface area contributed by atoms with Gasteiger partial charge in [-0.1, -0.05) is 17.8 Å². The number of thiophene rings is 1. The number of fused-ring (bicyclic) bond motifs is 1. The van der Waals surface area contributed by atoms with Gasteiger partial charge in [0.2, 0.25) is 11.8 Å². The summed E-state index contributed by atoms with van der Waals surface area (Å²) in [5.41, 5.74) is 0.675. The summed E-state index contributed by atoms with van der Waals surface area (Å²) in [6.07, 6.45) is 1.68. The fourth-order valence-electron chi connectivity index (χ4n) is 1.85. The number of aromatic nitrogens is 4. The summed E-state index contributed by atoms with van der Waals surface area (Å²) in [5.74, 6) is 1.51. The highest BCUT2D eigenvalue weighted by atomic mass is 32.2. The van der Waals surface area contributed by atoms with Crippen molar-refractivity contribution < 1.29 is 4.42 Å². The molecule has 108 valence electrons. The van der Waals surface area contributed by atoms with E-state index in [1.54, 1.807) is 17.6 Å². The number of nitrogens with zero attached hydrogens (tertiary/aromatic N) is 4. The lowest BCUT2D eigenvalue weighted by atomic mass is 10.4. The number of allylic oxidation sites excluding steroid dienone is 1. The van der Waals surface area contributed by atoms with Crippen LogP contribution < -0.4 is 5.56 Å². The lowest BCUT2D eigenvalue weighted by Gasteiger charge is -2.08. The molecule has 0 saturated heterocycles. The van der Waals surface area contributed by atoms with Crippen molar-refractivity contribution in [2.75, 3.05) is 0 Å². The third kappa shape index (κ3) is 2.77. The lowest BCUT2D eigenvalue weighted by Crippen LogP contribution is -2.21. The number of hydrogen-bond acceptors (Lipinski definition) is 7. The van der Waals surface area contributed by atoms with E-state index in [-0.39, 0.29) is 5.56 Å². The fraction of sp³-hybridized carbons (Fsp3) is 0.231. The van der Waals surface area contributed by atoms with E-state index < -0.39 is 0 Å². The van der Waals surface area contributed by atoms with Gasteiger partial charge in [0.15, 0.2) is 5.16 Å². The van der Waals surface area contributed by atoms with Crippen LogP contribution in [0.5, 0.6) is 0 Å². The van der Waals surface area contributed by atoms with Crippen molar-refractivity contribution in [3.05, 3.63) is 46.2 Å². The molecular formula is C13H12N4O2S2. The van der Waals surface area contributed by atoms with E-state index in [4.69, 9.17) is 4.42 Å². The highest BCUT2D eigenvalue weighted by Crippen LogP contribution is 2.23. The monoisotopic (exact) mass is 320 g/mol. The fourth-order valence-corrected chi connectivity index (χ4v) is 3.47. The van der Waals surface area contributed by atoms with Crippen LogP contribution in [-0.4, -0.2) is 19.7 Å². The van der Waals surface area contributed by atoms with Crippen molar-refractivity contribution in [2.45, 2.75) is 24.4 Å². The molecule has 6 nitrogen and oxygen atoms in total. The van der Waals surface area contributed by atoms with Crippen LogP contribution in [-0.2, 0) is 12.3 Å². The molecule has 3 aromatic heterocycles. The first-order valence-electron chi connectivity index (χ1n) is 6.19. The molecule has 0 aliphatic heterocycles. The molecule has 0 N–H and O–H groups in total. The van der Waals surface area contributed by atoms with E-state index in [1.807, 2.05) is 11.4 Å². The largest absolute Gasteiger partial charge is 0.425 e. The minimum atomic E-state index is -0.0425. The van der Waals surface area contributed by atoms with Gasteiger partial charge in [0.05, 0.1) is 11.3 Å². The standard InChI is InChI=1S/C13H12N4O2S2/c1-3-5-17-12(18)11-9(4-6-20-11)14-13(17)21-7-10-16-15-8(2)19-10/h3-4,6H,1,5,7H2,2H3. The maximum atomic E-state index is 12.4. The first-order valence-corrected chi connectivity index (χ1v) is 8.06. The molecule has 3 heterocycles. The van der Waals surface area contributed by atoms with Gasteiger partial charge in [-0.3, -0.25) is 9.36 Å². The summed E-state index contributed by atoms with van der Waals surface area (Å²) in [4.78, 5) is 17.0. The van der Waals surface area contributed by atoms with E-state index in [9.17, 15) is 4.79 Å². The van der Waals surface area contributed by atoms with Gasteiger partial charge < -0.3 is 4.42 Å². The van der Waals surface area contributed by atoms with Gasteiger partial charge in [0, 0.05) is 13.5 Å². The van der Waals surface area contributed by atoms with Gasteiger partial charge in [0.25, 0.3) is 5.56 Å². The van der Waals surface area contributed by atoms with Gasteiger partial charge >= 0.3 is 0 Å². The quantitative estimate of drug-likeness (QED) is 0.409. The molecule has 0 atom stereocenters. The minimum Gasteiger partial charge on any atom is -0.425 e. The second kappa shape index (κ2) is 5.82. The molecule has 21 heavy (non-hydrogen) atoms. The topological polar surface area (TPSA) is 73.8 Å². The first kappa shape index (κ1) is 14.0. The van der Waals surface area contributed by atoms with E-state index in [2.05, 4.69) is 21.8 Å². The smallest absolute Gasteiger partial charge is 0.272 e. The Balaban J connectivity index is 1.97. The van der Waals surface area contributed by atoms with Crippen molar-refractivity contribution in [1.29, 1.82) is 0 Å². The summed E-state index contributed by atoms with van der Waals surface area (Å²) in [7, 11) is 0. The average molecular weight is 320 g/mol. The Kier molecular flexibility index (Phi) is 3.89. The van der Waals surface area contributed by atoms with Crippen LogP contribution in [0, 0.1) is 6.92 Å². The molecule has 0 fully saturated rings. The molecule has 0 amide bonds. The van der Waals surface area contributed by atoms with Crippen molar-refractivity contribution in [1.82, 2.24) is 19.7 Å². The van der Waals surface area contributed by atoms with E-state index in [0.29, 0.717) is 33.9 Å². The molecule has 3 aromatic rings. The molecule has 0 radical (unpaired) electrons. The molecular weight excluding hydrogens is 308 g/mol. The average Bonchev–Trinajstić information content (AvgIpc) is 3.09. The first-order chi connectivity index (χ1) is 10.2. The SMILES string of the molecule is C=CCn1c(SCc2nnc(C)o2)nc2ccsc2c1=O. The van der Waals surface area contributed by atoms with E-state index in [0.717, 1.165) is 5.52 Å². The van der Waals surface area contributed by atoms with Gasteiger partial charge in [-0.15, -0.1) is 28.1 Å². The predicted molar refractivity (Wildman–Crippen MR) is 82.7 cm³/mol. The van der Waals surface area contributed by atoms with Gasteiger partial charge in [-0.25, -0.2) is 4.98 Å². The molecule has 0 unspecified atom stereocenters. The zero-order valence-electron chi connectivity index (χ0n) is 11.3. The van der Waals surface area contributed by atoms with E-state index in [1.165, 1.54) is 23.1 Å². The molecule has 8 heteroatoms. The zero-order chi connectivity index (χ0) is 14.8. The Labute approximate surface area is 128 Å². The van der Waals surface area contributed by atoms with Crippen molar-refractivity contribution in [3.8, 4) is 0 Å². The number of rotatable bonds is 5. The molecule has 0 aromatic carbocycles. The lowest BCUT2D eigenvalue weighted by molar-refractivity contribution is 0.485. The molecule has 0 saturated carbocycles. The van der Waals surface area contributed by atoms with E-state index >= 15 is 0 Å². The van der Waals surface area contributed by atoms with Crippen LogP contribution in [0.25, 0.3) is 10.2 Å². The van der Waals surface area contributed by atoms with Crippen molar-refractivity contribution in [2.24, 2.45) is 0 Å². The van der Waals surface area contributed by atoms with Crippen molar-refractivity contribution >= 4 is 33.3 Å². The van der Waals surface area contributed by atoms with Crippen LogP contribution in [0.2, 0.25) is 0 Å². The predicted octanol–water partition coefficient (Wildman–Crippen LogP) is 2.63. The maximum Gasteiger partial charge on any atom is 0.272 e. The van der Waals surface area contributed by atoms with Crippen LogP contribution in [0.4, 0.5) is 0 Å². The van der Waals surface area contributed by atoms with Gasteiger partial charge in [-0.05, 0) is 11.4 Å². The van der Waals surface area contributed by atoms with Gasteiger partial charge in [0.1, 0.15) is 4.70 Å². The van der Waals surface area contributed by atoms with Crippen molar-refractivity contribution in [3.63, 3.8) is 0 Å². The summed E-state index contributed by atoms with van der Waals surface area (Å²) in [6.45, 7) is 5.86. The summed E-state index contributed by atoms with van der Waals surface area (Å²) < 4.78 is 7.60. The molecule has 0 aliphatic rings. The Morgan fingerprint density at radius 2 is 2.38 bits per heavy atom. The Hall–Kier alpha value is -1.93. The summed E-state index contributed by atoms with van der Waals surface area (Å²) >= 11 is 2.80. The molecule has 0 aliphatic carbocycles. The van der Waals surface area contributed by atoms with Crippen LogP contribution in [0.3, 0.4) is 0 Å². The van der Waals surface area contributed by atoms with Crippen LogP contribution in [0.15, 0.2) is 38.5 Å². The summed E-state index contributed by atoms with van der Waals surface area (Å²) in [6, 6.07) is 1.85. The highest BCUT2D eigenvalue weighted by molar-refractivity contribution is 7.98. The molecule has 0 spiro atoms. The Morgan fingerprint density at radius 3 is 3.10 bits per heavy atom.